The smallest absolute Gasteiger partial charge is 0.224 e. The minimum Gasteiger partial charge on any atom is -0.394 e. The van der Waals surface area contributed by atoms with Gasteiger partial charge in [-0.05, 0) is 23.1 Å². The van der Waals surface area contributed by atoms with Crippen LogP contribution in [0.4, 0.5) is 0 Å². The number of carbonyl (C=O) groups excluding carboxylic acids is 1. The molecule has 2 aromatic rings. The Kier molecular flexibility index (Phi) is 6.86. The maximum atomic E-state index is 12.0. The van der Waals surface area contributed by atoms with E-state index in [1.165, 1.54) is 0 Å². The molecule has 1 atom stereocenters. The lowest BCUT2D eigenvalue weighted by Crippen LogP contribution is -2.30. The summed E-state index contributed by atoms with van der Waals surface area (Å²) >= 11 is 7.61. The zero-order valence-corrected chi connectivity index (χ0v) is 13.6. The predicted molar refractivity (Wildman–Crippen MR) is 88.3 cm³/mol. The molecule has 0 spiro atoms. The second-order valence-corrected chi connectivity index (χ2v) is 6.06. The number of hydrogen-bond donors (Lipinski definition) is 2. The van der Waals surface area contributed by atoms with E-state index in [-0.39, 0.29) is 31.6 Å². The summed E-state index contributed by atoms with van der Waals surface area (Å²) in [6.45, 7) is 0.558. The number of halogens is 1. The first-order valence-electron chi connectivity index (χ1n) is 6.96. The molecule has 1 amide bonds. The van der Waals surface area contributed by atoms with Crippen molar-refractivity contribution in [1.29, 1.82) is 0 Å². The Bertz CT molecular complexity index is 589. The number of ether oxygens (including phenoxy) is 1. The number of nitrogens with one attached hydrogen (secondary N) is 1. The number of rotatable bonds is 8. The molecule has 1 aromatic carbocycles. The Morgan fingerprint density at radius 1 is 1.32 bits per heavy atom. The topological polar surface area (TPSA) is 58.6 Å². The highest BCUT2D eigenvalue weighted by Crippen LogP contribution is 2.22. The molecule has 0 radical (unpaired) electrons. The van der Waals surface area contributed by atoms with Gasteiger partial charge in [0.05, 0.1) is 19.6 Å². The Morgan fingerprint density at radius 2 is 2.14 bits per heavy atom. The van der Waals surface area contributed by atoms with Gasteiger partial charge >= 0.3 is 0 Å². The average Bonchev–Trinajstić information content (AvgIpc) is 3.04. The molecule has 2 rings (SSSR count). The summed E-state index contributed by atoms with van der Waals surface area (Å²) < 4.78 is 5.58. The van der Waals surface area contributed by atoms with E-state index in [0.717, 1.165) is 10.4 Å². The van der Waals surface area contributed by atoms with E-state index in [0.29, 0.717) is 11.6 Å². The van der Waals surface area contributed by atoms with Crippen molar-refractivity contribution in [1.82, 2.24) is 5.32 Å². The van der Waals surface area contributed by atoms with E-state index >= 15 is 0 Å². The molecule has 0 fully saturated rings. The molecule has 0 aliphatic carbocycles. The summed E-state index contributed by atoms with van der Waals surface area (Å²) in [6.07, 6.45) is -0.0149. The van der Waals surface area contributed by atoms with Crippen molar-refractivity contribution in [3.63, 3.8) is 0 Å². The summed E-state index contributed by atoms with van der Waals surface area (Å²) in [6, 6.07) is 11.2. The third kappa shape index (κ3) is 5.10. The van der Waals surface area contributed by atoms with Crippen LogP contribution in [-0.2, 0) is 16.0 Å². The Hall–Kier alpha value is -1.40. The summed E-state index contributed by atoms with van der Waals surface area (Å²) in [7, 11) is 0. The van der Waals surface area contributed by atoms with Crippen LogP contribution in [0.1, 0.15) is 16.5 Å². The SMILES string of the molecule is O=C(Cc1ccccc1Cl)NC[C@H](OCCO)c1cccs1. The van der Waals surface area contributed by atoms with Crippen LogP contribution in [0.15, 0.2) is 41.8 Å². The molecule has 1 heterocycles. The molecule has 1 aromatic heterocycles. The monoisotopic (exact) mass is 339 g/mol. The summed E-state index contributed by atoms with van der Waals surface area (Å²) in [5, 5.41) is 14.3. The van der Waals surface area contributed by atoms with Gasteiger partial charge in [0.1, 0.15) is 6.10 Å². The fourth-order valence-corrected chi connectivity index (χ4v) is 2.97. The quantitative estimate of drug-likeness (QED) is 0.777. The Morgan fingerprint density at radius 3 is 2.82 bits per heavy atom. The second kappa shape index (κ2) is 8.90. The molecule has 22 heavy (non-hydrogen) atoms. The minimum absolute atomic E-state index is 0.0462. The van der Waals surface area contributed by atoms with E-state index in [4.69, 9.17) is 21.4 Å². The zero-order chi connectivity index (χ0) is 15.8. The number of hydrogen-bond acceptors (Lipinski definition) is 4. The highest BCUT2D eigenvalue weighted by Gasteiger charge is 2.15. The van der Waals surface area contributed by atoms with Gasteiger partial charge in [-0.15, -0.1) is 11.3 Å². The van der Waals surface area contributed by atoms with E-state index in [9.17, 15) is 4.79 Å². The van der Waals surface area contributed by atoms with Crippen LogP contribution in [0.5, 0.6) is 0 Å². The van der Waals surface area contributed by atoms with Gasteiger partial charge < -0.3 is 15.2 Å². The number of benzene rings is 1. The molecule has 0 bridgehead atoms. The summed E-state index contributed by atoms with van der Waals surface area (Å²) in [5.41, 5.74) is 0.797. The highest BCUT2D eigenvalue weighted by atomic mass is 35.5. The van der Waals surface area contributed by atoms with Crippen molar-refractivity contribution in [2.24, 2.45) is 0 Å². The molecule has 0 aliphatic heterocycles. The van der Waals surface area contributed by atoms with E-state index in [2.05, 4.69) is 5.32 Å². The first-order valence-corrected chi connectivity index (χ1v) is 8.22. The van der Waals surface area contributed by atoms with E-state index in [1.807, 2.05) is 35.7 Å². The van der Waals surface area contributed by atoms with Gasteiger partial charge in [0.15, 0.2) is 0 Å². The van der Waals surface area contributed by atoms with Crippen LogP contribution >= 0.6 is 22.9 Å². The van der Waals surface area contributed by atoms with Gasteiger partial charge in [0, 0.05) is 16.4 Å². The van der Waals surface area contributed by atoms with Gasteiger partial charge in [-0.25, -0.2) is 0 Å². The largest absolute Gasteiger partial charge is 0.394 e. The number of aliphatic hydroxyl groups excluding tert-OH is 1. The number of carbonyl (C=O) groups is 1. The van der Waals surface area contributed by atoms with Crippen LogP contribution < -0.4 is 5.32 Å². The van der Waals surface area contributed by atoms with Crippen LogP contribution in [0, 0.1) is 0 Å². The van der Waals surface area contributed by atoms with Crippen molar-refractivity contribution in [3.05, 3.63) is 57.2 Å². The maximum Gasteiger partial charge on any atom is 0.224 e. The number of amides is 1. The van der Waals surface area contributed by atoms with Gasteiger partial charge in [0.2, 0.25) is 5.91 Å². The molecule has 0 saturated heterocycles. The lowest BCUT2D eigenvalue weighted by Gasteiger charge is -2.17. The van der Waals surface area contributed by atoms with E-state index < -0.39 is 0 Å². The van der Waals surface area contributed by atoms with E-state index in [1.54, 1.807) is 17.4 Å². The van der Waals surface area contributed by atoms with Crippen LogP contribution in [-0.4, -0.2) is 30.8 Å². The molecule has 0 unspecified atom stereocenters. The fourth-order valence-electron chi connectivity index (χ4n) is 1.99. The molecular weight excluding hydrogens is 322 g/mol. The predicted octanol–water partition coefficient (Wildman–Crippen LogP) is 2.81. The normalized spacial score (nSPS) is 12.1. The average molecular weight is 340 g/mol. The van der Waals surface area contributed by atoms with Crippen molar-refractivity contribution in [3.8, 4) is 0 Å². The zero-order valence-electron chi connectivity index (χ0n) is 12.0. The Labute approximate surface area is 138 Å². The Balaban J connectivity index is 1.89. The van der Waals surface area contributed by atoms with Gasteiger partial charge in [-0.2, -0.15) is 0 Å². The lowest BCUT2D eigenvalue weighted by atomic mass is 10.1. The van der Waals surface area contributed by atoms with Crippen molar-refractivity contribution in [2.45, 2.75) is 12.5 Å². The standard InChI is InChI=1S/C16H18ClNO3S/c17-13-5-2-1-4-12(13)10-16(20)18-11-14(21-8-7-19)15-6-3-9-22-15/h1-6,9,14,19H,7-8,10-11H2,(H,18,20)/t14-/m0/s1. The molecule has 118 valence electrons. The molecular formula is C16H18ClNO3S. The molecule has 0 aliphatic rings. The summed E-state index contributed by atoms with van der Waals surface area (Å²) in [4.78, 5) is 13.1. The molecule has 6 heteroatoms. The van der Waals surface area contributed by atoms with Crippen LogP contribution in [0.3, 0.4) is 0 Å². The highest BCUT2D eigenvalue weighted by molar-refractivity contribution is 7.10. The van der Waals surface area contributed by atoms with Crippen molar-refractivity contribution >= 4 is 28.8 Å². The van der Waals surface area contributed by atoms with Gasteiger partial charge in [-0.1, -0.05) is 35.9 Å². The third-order valence-corrected chi connectivity index (χ3v) is 4.40. The third-order valence-electron chi connectivity index (χ3n) is 3.06. The van der Waals surface area contributed by atoms with Gasteiger partial charge in [-0.3, -0.25) is 4.79 Å². The van der Waals surface area contributed by atoms with Crippen LogP contribution in [0.2, 0.25) is 5.02 Å². The lowest BCUT2D eigenvalue weighted by molar-refractivity contribution is -0.121. The van der Waals surface area contributed by atoms with Crippen LogP contribution in [0.25, 0.3) is 0 Å². The number of thiophene rings is 1. The fraction of sp³-hybridized carbons (Fsp3) is 0.312. The maximum absolute atomic E-state index is 12.0. The second-order valence-electron chi connectivity index (χ2n) is 4.67. The van der Waals surface area contributed by atoms with Crippen molar-refractivity contribution < 1.29 is 14.6 Å². The minimum atomic E-state index is -0.248. The number of aliphatic hydroxyl groups is 1. The van der Waals surface area contributed by atoms with Gasteiger partial charge in [0.25, 0.3) is 0 Å². The summed E-state index contributed by atoms with van der Waals surface area (Å²) in [5.74, 6) is -0.109. The molecule has 0 saturated carbocycles. The first kappa shape index (κ1) is 17.0. The first-order chi connectivity index (χ1) is 10.7. The molecule has 4 nitrogen and oxygen atoms in total. The molecule has 2 N–H and O–H groups in total. The van der Waals surface area contributed by atoms with Crippen molar-refractivity contribution in [2.75, 3.05) is 19.8 Å².